The van der Waals surface area contributed by atoms with E-state index in [9.17, 15) is 0 Å². The summed E-state index contributed by atoms with van der Waals surface area (Å²) >= 11 is 2.08. The first-order valence-electron chi connectivity index (χ1n) is 3.75. The van der Waals surface area contributed by atoms with Gasteiger partial charge in [0.15, 0.2) is 0 Å². The van der Waals surface area contributed by atoms with Crippen molar-refractivity contribution in [1.29, 1.82) is 0 Å². The van der Waals surface area contributed by atoms with Gasteiger partial charge in [-0.25, -0.2) is 0 Å². The van der Waals surface area contributed by atoms with Crippen LogP contribution in [-0.2, 0) is 0 Å². The van der Waals surface area contributed by atoms with Crippen LogP contribution in [0.15, 0.2) is 0 Å². The van der Waals surface area contributed by atoms with E-state index in [2.05, 4.69) is 49.4 Å². The topological polar surface area (TPSA) is 0 Å². The molecule has 0 aliphatic carbocycles. The molecule has 0 spiro atoms. The molecule has 0 aromatic heterocycles. The predicted molar refractivity (Wildman–Crippen MR) is 43.8 cm³/mol. The molecule has 0 amide bonds. The third-order valence-electron chi connectivity index (χ3n) is 1.45. The summed E-state index contributed by atoms with van der Waals surface area (Å²) in [6.07, 6.45) is 1.36. The molecule has 0 aliphatic heterocycles. The summed E-state index contributed by atoms with van der Waals surface area (Å²) in [5, 5.41) is 0. The van der Waals surface area contributed by atoms with Crippen LogP contribution in [0.3, 0.4) is 0 Å². The minimum Gasteiger partial charge on any atom is -1.00 e. The maximum absolute atomic E-state index is 2.33. The summed E-state index contributed by atoms with van der Waals surface area (Å²) in [6, 6.07) is 0. The Morgan fingerprint density at radius 3 is 1.80 bits per heavy atom. The fourth-order valence-corrected chi connectivity index (χ4v) is 1.35. The van der Waals surface area contributed by atoms with Gasteiger partial charge in [0.25, 0.3) is 0 Å². The van der Waals surface area contributed by atoms with Gasteiger partial charge in [-0.1, -0.05) is 0 Å². The zero-order valence-corrected chi connectivity index (χ0v) is 10.6. The smallest absolute Gasteiger partial charge is 1.00 e. The molecule has 0 aliphatic rings. The second-order valence-corrected chi connectivity index (χ2v) is 4.74. The third-order valence-corrected chi connectivity index (χ3v) is 2.44. The maximum Gasteiger partial charge on any atom is -1.00 e. The fraction of sp³-hybridized carbons (Fsp3) is 1.00. The third kappa shape index (κ3) is 9.25. The maximum atomic E-state index is 2.33. The van der Waals surface area contributed by atoms with E-state index < -0.39 is 0 Å². The molecule has 0 bridgehead atoms. The Labute approximate surface area is 88.4 Å². The van der Waals surface area contributed by atoms with E-state index in [4.69, 9.17) is 0 Å². The van der Waals surface area contributed by atoms with Gasteiger partial charge < -0.3 is 17.0 Å². The van der Waals surface area contributed by atoms with Gasteiger partial charge in [0.05, 0.1) is 0 Å². The van der Waals surface area contributed by atoms with Crippen LogP contribution in [0, 0.1) is 11.3 Å². The van der Waals surface area contributed by atoms with Crippen LogP contribution in [0.4, 0.5) is 0 Å². The molecule has 0 radical (unpaired) electrons. The molecule has 0 rings (SSSR count). The van der Waals surface area contributed by atoms with Crippen LogP contribution in [0.25, 0.3) is 0 Å². The molecule has 0 N–H and O–H groups in total. The zero-order chi connectivity index (χ0) is 7.49. The summed E-state index contributed by atoms with van der Waals surface area (Å²) in [4.78, 5) is 0. The van der Waals surface area contributed by atoms with E-state index >= 15 is 0 Å². The van der Waals surface area contributed by atoms with Gasteiger partial charge in [0.2, 0.25) is 0 Å². The summed E-state index contributed by atoms with van der Waals surface area (Å²) in [6.45, 7) is 9.26. The van der Waals surface area contributed by atoms with Gasteiger partial charge in [0.1, 0.15) is 0 Å². The molecule has 0 nitrogen and oxygen atoms in total. The van der Waals surface area contributed by atoms with Crippen LogP contribution >= 0.6 is 0 Å². The number of hydrogen-bond donors (Lipinski definition) is 0. The van der Waals surface area contributed by atoms with Crippen LogP contribution in [0.2, 0.25) is 4.55 Å². The molecule has 1 unspecified atom stereocenters. The average molecular weight is 217 g/mol. The van der Waals surface area contributed by atoms with E-state index in [0.29, 0.717) is 5.41 Å². The molecule has 1 atom stereocenters. The van der Waals surface area contributed by atoms with Crippen molar-refractivity contribution in [3.63, 3.8) is 0 Å². The standard InChI is InChI=1S/C8H17.BrH.Mg/c1-7(2)6-8(3,4)5;;/h7H,1,6H2,2-5H3;1H;/q;;+1/p-1. The van der Waals surface area contributed by atoms with Crippen molar-refractivity contribution in [3.05, 3.63) is 0 Å². The number of halogens is 1. The van der Waals surface area contributed by atoms with Crippen molar-refractivity contribution in [1.82, 2.24) is 0 Å². The van der Waals surface area contributed by atoms with E-state index in [1.165, 1.54) is 11.0 Å². The van der Waals surface area contributed by atoms with Crippen molar-refractivity contribution in [3.8, 4) is 0 Å². The Kier molecular flexibility index (Phi) is 8.07. The molecule has 0 aromatic rings. The molecule has 10 heavy (non-hydrogen) atoms. The first-order chi connectivity index (χ1) is 3.95. The van der Waals surface area contributed by atoms with E-state index in [-0.39, 0.29) is 17.0 Å². The van der Waals surface area contributed by atoms with Gasteiger partial charge in [0, 0.05) is 0 Å². The van der Waals surface area contributed by atoms with Gasteiger partial charge in [-0.3, -0.25) is 0 Å². The van der Waals surface area contributed by atoms with Gasteiger partial charge >= 0.3 is 71.7 Å². The molecule has 0 aromatic carbocycles. The van der Waals surface area contributed by atoms with Gasteiger partial charge in [-0.2, -0.15) is 0 Å². The van der Waals surface area contributed by atoms with Crippen LogP contribution < -0.4 is 17.0 Å². The molecule has 0 fully saturated rings. The minimum absolute atomic E-state index is 0. The molecule has 2 heteroatoms. The Morgan fingerprint density at radius 1 is 1.30 bits per heavy atom. The van der Waals surface area contributed by atoms with Crippen LogP contribution in [-0.4, -0.2) is 21.7 Å². The molecule has 0 saturated heterocycles. The van der Waals surface area contributed by atoms with Gasteiger partial charge in [-0.05, 0) is 0 Å². The second kappa shape index (κ2) is 5.84. The fourth-order valence-electron chi connectivity index (χ4n) is 1.15. The van der Waals surface area contributed by atoms with Crippen LogP contribution in [0.1, 0.15) is 34.1 Å². The number of rotatable bonds is 2. The largest absolute Gasteiger partial charge is 1.00 e. The monoisotopic (exact) mass is 216 g/mol. The normalized spacial score (nSPS) is 14.2. The SMILES string of the molecule is CC([CH2][Mg+])CC(C)(C)C.[Br-]. The predicted octanol–water partition coefficient (Wildman–Crippen LogP) is -0.350. The van der Waals surface area contributed by atoms with Crippen molar-refractivity contribution >= 4 is 21.7 Å². The van der Waals surface area contributed by atoms with E-state index in [1.54, 1.807) is 0 Å². The summed E-state index contributed by atoms with van der Waals surface area (Å²) in [5.41, 5.74) is 0.528. The van der Waals surface area contributed by atoms with Crippen molar-refractivity contribution in [2.24, 2.45) is 11.3 Å². The summed E-state index contributed by atoms with van der Waals surface area (Å²) in [5.74, 6) is 0.906. The van der Waals surface area contributed by atoms with Gasteiger partial charge in [-0.15, -0.1) is 0 Å². The quantitative estimate of drug-likeness (QED) is 0.555. The Balaban J connectivity index is 0. The summed E-state index contributed by atoms with van der Waals surface area (Å²) in [7, 11) is 0. The zero-order valence-electron chi connectivity index (χ0n) is 7.58. The number of hydrogen-bond acceptors (Lipinski definition) is 0. The van der Waals surface area contributed by atoms with Crippen molar-refractivity contribution < 1.29 is 17.0 Å². The summed E-state index contributed by atoms with van der Waals surface area (Å²) < 4.78 is 1.34. The first-order valence-corrected chi connectivity index (χ1v) is 4.75. The Hall–Kier alpha value is 1.25. The Bertz CT molecular complexity index is 75.8. The van der Waals surface area contributed by atoms with E-state index in [1.807, 2.05) is 0 Å². The van der Waals surface area contributed by atoms with Crippen molar-refractivity contribution in [2.45, 2.75) is 38.7 Å². The van der Waals surface area contributed by atoms with E-state index in [0.717, 1.165) is 5.92 Å². The van der Waals surface area contributed by atoms with Crippen molar-refractivity contribution in [2.75, 3.05) is 0 Å². The molecular weight excluding hydrogens is 200 g/mol. The van der Waals surface area contributed by atoms with Crippen LogP contribution in [0.5, 0.6) is 0 Å². The average Bonchev–Trinajstić information content (AvgIpc) is 1.62. The molecular formula is C8H17BrMg. The molecule has 0 heterocycles. The second-order valence-electron chi connectivity index (χ2n) is 4.16. The Morgan fingerprint density at radius 2 is 1.70 bits per heavy atom. The first kappa shape index (κ1) is 13.8. The minimum atomic E-state index is 0. The molecule has 0 saturated carbocycles. The molecule has 58 valence electrons.